The van der Waals surface area contributed by atoms with Crippen LogP contribution in [0.25, 0.3) is 0 Å². The zero-order chi connectivity index (χ0) is 17.8. The summed E-state index contributed by atoms with van der Waals surface area (Å²) in [7, 11) is 1.66. The molecule has 1 aromatic carbocycles. The van der Waals surface area contributed by atoms with Gasteiger partial charge in [-0.2, -0.15) is 0 Å². The summed E-state index contributed by atoms with van der Waals surface area (Å²) in [4.78, 5) is 20.8. The Morgan fingerprint density at radius 2 is 2.12 bits per heavy atom. The number of aromatic nitrogens is 3. The number of carbonyl (C=O) groups is 1. The Labute approximate surface area is 151 Å². The molecule has 1 amide bonds. The van der Waals surface area contributed by atoms with Gasteiger partial charge in [-0.1, -0.05) is 0 Å². The van der Waals surface area contributed by atoms with Crippen LogP contribution in [-0.2, 0) is 11.2 Å². The van der Waals surface area contributed by atoms with E-state index >= 15 is 0 Å². The van der Waals surface area contributed by atoms with Crippen molar-refractivity contribution in [1.29, 1.82) is 0 Å². The van der Waals surface area contributed by atoms with Gasteiger partial charge in [-0.15, -0.1) is 5.10 Å². The quantitative estimate of drug-likeness (QED) is 0.880. The molecule has 0 spiro atoms. The first-order valence-electron chi connectivity index (χ1n) is 8.32. The van der Waals surface area contributed by atoms with Gasteiger partial charge in [0, 0.05) is 44.2 Å². The SMILES string of the molecule is COc1ccc(N2CCN(C(=O)CCc3nc(Cl)n[nH]3)[C@H](C)C2)cc1. The molecule has 25 heavy (non-hydrogen) atoms. The number of rotatable bonds is 5. The second-order valence-corrected chi connectivity index (χ2v) is 6.47. The van der Waals surface area contributed by atoms with Crippen LogP contribution in [0.4, 0.5) is 5.69 Å². The molecule has 0 bridgehead atoms. The fraction of sp³-hybridized carbons (Fsp3) is 0.471. The van der Waals surface area contributed by atoms with Gasteiger partial charge in [-0.05, 0) is 42.8 Å². The van der Waals surface area contributed by atoms with E-state index in [4.69, 9.17) is 16.3 Å². The van der Waals surface area contributed by atoms with Crippen LogP contribution in [0.2, 0.25) is 5.28 Å². The first-order valence-corrected chi connectivity index (χ1v) is 8.70. The van der Waals surface area contributed by atoms with Gasteiger partial charge in [0.05, 0.1) is 7.11 Å². The highest BCUT2D eigenvalue weighted by atomic mass is 35.5. The second-order valence-electron chi connectivity index (χ2n) is 6.13. The van der Waals surface area contributed by atoms with Gasteiger partial charge >= 0.3 is 0 Å². The summed E-state index contributed by atoms with van der Waals surface area (Å²) in [5.41, 5.74) is 1.15. The summed E-state index contributed by atoms with van der Waals surface area (Å²) in [6.45, 7) is 4.42. The number of anilines is 1. The van der Waals surface area contributed by atoms with Gasteiger partial charge in [0.2, 0.25) is 11.2 Å². The monoisotopic (exact) mass is 363 g/mol. The zero-order valence-corrected chi connectivity index (χ0v) is 15.2. The molecule has 0 saturated carbocycles. The Morgan fingerprint density at radius 3 is 2.72 bits per heavy atom. The summed E-state index contributed by atoms with van der Waals surface area (Å²) < 4.78 is 5.20. The molecule has 3 rings (SSSR count). The van der Waals surface area contributed by atoms with Gasteiger partial charge < -0.3 is 14.5 Å². The van der Waals surface area contributed by atoms with Crippen LogP contribution in [0.1, 0.15) is 19.2 Å². The predicted molar refractivity (Wildman–Crippen MR) is 96.1 cm³/mol. The van der Waals surface area contributed by atoms with Gasteiger partial charge in [0.25, 0.3) is 0 Å². The van der Waals surface area contributed by atoms with Gasteiger partial charge in [-0.3, -0.25) is 9.89 Å². The molecule has 1 aromatic heterocycles. The lowest BCUT2D eigenvalue weighted by Gasteiger charge is -2.41. The van der Waals surface area contributed by atoms with E-state index in [2.05, 4.69) is 39.1 Å². The van der Waals surface area contributed by atoms with Crippen molar-refractivity contribution in [1.82, 2.24) is 20.1 Å². The molecule has 134 valence electrons. The molecule has 1 N–H and O–H groups in total. The van der Waals surface area contributed by atoms with Crippen LogP contribution in [0.3, 0.4) is 0 Å². The topological polar surface area (TPSA) is 74.3 Å². The summed E-state index contributed by atoms with van der Waals surface area (Å²) in [5, 5.41) is 6.68. The van der Waals surface area contributed by atoms with Crippen molar-refractivity contribution in [3.63, 3.8) is 0 Å². The molecule has 0 radical (unpaired) electrons. The maximum atomic E-state index is 12.5. The molecule has 1 atom stereocenters. The highest BCUT2D eigenvalue weighted by Gasteiger charge is 2.27. The van der Waals surface area contributed by atoms with E-state index in [0.29, 0.717) is 25.2 Å². The number of nitrogens with one attached hydrogen (secondary N) is 1. The van der Waals surface area contributed by atoms with E-state index < -0.39 is 0 Å². The highest BCUT2D eigenvalue weighted by molar-refractivity contribution is 6.28. The minimum atomic E-state index is 0.134. The summed E-state index contributed by atoms with van der Waals surface area (Å²) in [5.74, 6) is 1.62. The highest BCUT2D eigenvalue weighted by Crippen LogP contribution is 2.22. The van der Waals surface area contributed by atoms with Crippen molar-refractivity contribution in [2.45, 2.75) is 25.8 Å². The number of benzene rings is 1. The van der Waals surface area contributed by atoms with Crippen LogP contribution in [-0.4, -0.2) is 58.8 Å². The lowest BCUT2D eigenvalue weighted by Crippen LogP contribution is -2.54. The van der Waals surface area contributed by atoms with Crippen LogP contribution >= 0.6 is 11.6 Å². The number of carbonyl (C=O) groups excluding carboxylic acids is 1. The largest absolute Gasteiger partial charge is 0.497 e. The first kappa shape index (κ1) is 17.5. The Bertz CT molecular complexity index is 718. The normalized spacial score (nSPS) is 17.6. The number of hydrogen-bond donors (Lipinski definition) is 1. The summed E-state index contributed by atoms with van der Waals surface area (Å²) >= 11 is 5.68. The average molecular weight is 364 g/mol. The molecule has 0 unspecified atom stereocenters. The van der Waals surface area contributed by atoms with E-state index in [1.807, 2.05) is 17.0 Å². The zero-order valence-electron chi connectivity index (χ0n) is 14.4. The van der Waals surface area contributed by atoms with Gasteiger partial charge in [-0.25, -0.2) is 4.98 Å². The number of piperazine rings is 1. The van der Waals surface area contributed by atoms with E-state index in [-0.39, 0.29) is 17.2 Å². The Kier molecular flexibility index (Phi) is 5.43. The third-order valence-electron chi connectivity index (χ3n) is 4.47. The van der Waals surface area contributed by atoms with Crippen molar-refractivity contribution >= 4 is 23.2 Å². The molecular formula is C17H22ClN5O2. The van der Waals surface area contributed by atoms with Crippen LogP contribution < -0.4 is 9.64 Å². The number of hydrogen-bond acceptors (Lipinski definition) is 5. The Balaban J connectivity index is 1.54. The molecule has 0 aliphatic carbocycles. The fourth-order valence-corrected chi connectivity index (χ4v) is 3.25. The standard InChI is InChI=1S/C17H22ClN5O2/c1-12-11-22(13-3-5-14(25-2)6-4-13)9-10-23(12)16(24)8-7-15-19-17(18)21-20-15/h3-6,12H,7-11H2,1-2H3,(H,19,20,21)/t12-/m1/s1. The predicted octanol–water partition coefficient (Wildman–Crippen LogP) is 2.14. The van der Waals surface area contributed by atoms with Crippen molar-refractivity contribution in [2.24, 2.45) is 0 Å². The molecule has 1 aliphatic rings. The van der Waals surface area contributed by atoms with Crippen LogP contribution in [0, 0.1) is 0 Å². The Hall–Kier alpha value is -2.28. The third kappa shape index (κ3) is 4.22. The lowest BCUT2D eigenvalue weighted by molar-refractivity contribution is -0.133. The van der Waals surface area contributed by atoms with Gasteiger partial charge in [0.15, 0.2) is 0 Å². The first-order chi connectivity index (χ1) is 12.1. The maximum Gasteiger partial charge on any atom is 0.242 e. The molecule has 7 nitrogen and oxygen atoms in total. The molecule has 8 heteroatoms. The van der Waals surface area contributed by atoms with Gasteiger partial charge in [0.1, 0.15) is 11.6 Å². The molecule has 2 aromatic rings. The van der Waals surface area contributed by atoms with E-state index in [9.17, 15) is 4.79 Å². The molecule has 1 saturated heterocycles. The van der Waals surface area contributed by atoms with Crippen molar-refractivity contribution in [2.75, 3.05) is 31.6 Å². The number of H-pyrrole nitrogens is 1. The molecule has 1 fully saturated rings. The molecular weight excluding hydrogens is 342 g/mol. The van der Waals surface area contributed by atoms with E-state index in [1.165, 1.54) is 0 Å². The smallest absolute Gasteiger partial charge is 0.242 e. The number of methoxy groups -OCH3 is 1. The molecule has 2 heterocycles. The third-order valence-corrected chi connectivity index (χ3v) is 4.63. The van der Waals surface area contributed by atoms with Crippen molar-refractivity contribution in [3.8, 4) is 5.75 Å². The van der Waals surface area contributed by atoms with Crippen molar-refractivity contribution < 1.29 is 9.53 Å². The number of nitrogens with zero attached hydrogens (tertiary/aromatic N) is 4. The number of amides is 1. The van der Waals surface area contributed by atoms with Crippen molar-refractivity contribution in [3.05, 3.63) is 35.4 Å². The minimum absolute atomic E-state index is 0.134. The minimum Gasteiger partial charge on any atom is -0.497 e. The van der Waals surface area contributed by atoms with Crippen LogP contribution in [0.5, 0.6) is 5.75 Å². The number of ether oxygens (including phenoxy) is 1. The number of halogens is 1. The maximum absolute atomic E-state index is 12.5. The summed E-state index contributed by atoms with van der Waals surface area (Å²) in [6, 6.07) is 8.18. The van der Waals surface area contributed by atoms with Crippen LogP contribution in [0.15, 0.2) is 24.3 Å². The van der Waals surface area contributed by atoms with E-state index in [1.54, 1.807) is 7.11 Å². The fourth-order valence-electron chi connectivity index (χ4n) is 3.11. The second kappa shape index (κ2) is 7.74. The number of aryl methyl sites for hydroxylation is 1. The molecule has 1 aliphatic heterocycles. The summed E-state index contributed by atoms with van der Waals surface area (Å²) in [6.07, 6.45) is 0.919. The van der Waals surface area contributed by atoms with E-state index in [0.717, 1.165) is 24.5 Å². The Morgan fingerprint density at radius 1 is 1.36 bits per heavy atom. The number of aromatic amines is 1. The lowest BCUT2D eigenvalue weighted by atomic mass is 10.1. The average Bonchev–Trinajstić information content (AvgIpc) is 3.05.